The van der Waals surface area contributed by atoms with Gasteiger partial charge in [-0.3, -0.25) is 0 Å². The molecule has 2 aromatic rings. The Morgan fingerprint density at radius 2 is 2.05 bits per heavy atom. The van der Waals surface area contributed by atoms with Gasteiger partial charge in [0.2, 0.25) is 0 Å². The highest BCUT2D eigenvalue weighted by Crippen LogP contribution is 2.19. The molecule has 0 aliphatic carbocycles. The van der Waals surface area contributed by atoms with E-state index < -0.39 is 6.10 Å². The minimum absolute atomic E-state index is 0.517. The Morgan fingerprint density at radius 1 is 1.32 bits per heavy atom. The standard InChI is InChI=1S/C15H20N2O2/c1-3-17-11-10-16-15(17)14(18)9-6-12-4-7-13(19-2)8-5-12/h4-5,7-8,10-11,14,18H,3,6,9H2,1-2H3. The lowest BCUT2D eigenvalue weighted by Crippen LogP contribution is -2.08. The normalized spacial score (nSPS) is 12.4. The highest BCUT2D eigenvalue weighted by atomic mass is 16.5. The molecule has 0 amide bonds. The van der Waals surface area contributed by atoms with Crippen molar-refractivity contribution in [1.29, 1.82) is 0 Å². The lowest BCUT2D eigenvalue weighted by molar-refractivity contribution is 0.153. The SMILES string of the molecule is CCn1ccnc1C(O)CCc1ccc(OC)cc1. The van der Waals surface area contributed by atoms with E-state index in [1.165, 1.54) is 5.56 Å². The summed E-state index contributed by atoms with van der Waals surface area (Å²) < 4.78 is 7.09. The zero-order chi connectivity index (χ0) is 13.7. The van der Waals surface area contributed by atoms with Crippen molar-refractivity contribution in [3.05, 3.63) is 48.0 Å². The number of aromatic nitrogens is 2. The summed E-state index contributed by atoms with van der Waals surface area (Å²) >= 11 is 0. The first-order valence-corrected chi connectivity index (χ1v) is 6.56. The Bertz CT molecular complexity index is 505. The molecule has 2 rings (SSSR count). The molecule has 1 aromatic carbocycles. The Morgan fingerprint density at radius 3 is 2.68 bits per heavy atom. The molecule has 0 saturated heterocycles. The number of imidazole rings is 1. The highest BCUT2D eigenvalue weighted by Gasteiger charge is 2.13. The maximum absolute atomic E-state index is 10.2. The van der Waals surface area contributed by atoms with Crippen LogP contribution in [0.1, 0.15) is 30.8 Å². The average Bonchev–Trinajstić information content (AvgIpc) is 2.93. The van der Waals surface area contributed by atoms with E-state index in [9.17, 15) is 5.11 Å². The third-order valence-corrected chi connectivity index (χ3v) is 3.25. The molecular weight excluding hydrogens is 240 g/mol. The van der Waals surface area contributed by atoms with Gasteiger partial charge in [0.25, 0.3) is 0 Å². The van der Waals surface area contributed by atoms with Crippen molar-refractivity contribution in [3.63, 3.8) is 0 Å². The third kappa shape index (κ3) is 3.35. The Balaban J connectivity index is 1.94. The first-order chi connectivity index (χ1) is 9.24. The zero-order valence-electron chi connectivity index (χ0n) is 11.4. The van der Waals surface area contributed by atoms with Gasteiger partial charge < -0.3 is 14.4 Å². The summed E-state index contributed by atoms with van der Waals surface area (Å²) in [6.07, 6.45) is 4.60. The molecule has 1 atom stereocenters. The summed E-state index contributed by atoms with van der Waals surface area (Å²) in [7, 11) is 1.66. The van der Waals surface area contributed by atoms with Crippen LogP contribution in [0.3, 0.4) is 0 Å². The molecule has 0 radical (unpaired) electrons. The molecule has 19 heavy (non-hydrogen) atoms. The molecule has 0 fully saturated rings. The molecule has 102 valence electrons. The summed E-state index contributed by atoms with van der Waals surface area (Å²) in [6.45, 7) is 2.87. The van der Waals surface area contributed by atoms with Gasteiger partial charge in [0.1, 0.15) is 17.7 Å². The van der Waals surface area contributed by atoms with Crippen molar-refractivity contribution in [2.75, 3.05) is 7.11 Å². The molecule has 0 aliphatic heterocycles. The predicted octanol–water partition coefficient (Wildman–Crippen LogP) is 2.58. The van der Waals surface area contributed by atoms with Crippen LogP contribution in [0.5, 0.6) is 5.75 Å². The van der Waals surface area contributed by atoms with E-state index in [2.05, 4.69) is 4.98 Å². The molecule has 0 saturated carbocycles. The molecule has 0 aliphatic rings. The van der Waals surface area contributed by atoms with Crippen molar-refractivity contribution in [3.8, 4) is 5.75 Å². The summed E-state index contributed by atoms with van der Waals surface area (Å²) in [5.74, 6) is 1.60. The summed E-state index contributed by atoms with van der Waals surface area (Å²) in [5.41, 5.74) is 1.19. The van der Waals surface area contributed by atoms with Gasteiger partial charge in [0.05, 0.1) is 7.11 Å². The van der Waals surface area contributed by atoms with Crippen LogP contribution in [-0.2, 0) is 13.0 Å². The summed E-state index contributed by atoms with van der Waals surface area (Å²) in [4.78, 5) is 4.22. The van der Waals surface area contributed by atoms with E-state index in [0.717, 1.165) is 24.5 Å². The number of rotatable bonds is 6. The third-order valence-electron chi connectivity index (χ3n) is 3.25. The van der Waals surface area contributed by atoms with E-state index in [4.69, 9.17) is 4.74 Å². The monoisotopic (exact) mass is 260 g/mol. The second-order valence-corrected chi connectivity index (χ2v) is 4.47. The number of aryl methyl sites for hydroxylation is 2. The number of hydrogen-bond acceptors (Lipinski definition) is 3. The maximum Gasteiger partial charge on any atom is 0.137 e. The second-order valence-electron chi connectivity index (χ2n) is 4.47. The lowest BCUT2D eigenvalue weighted by atomic mass is 10.1. The van der Waals surface area contributed by atoms with Gasteiger partial charge in [-0.1, -0.05) is 12.1 Å². The average molecular weight is 260 g/mol. The number of methoxy groups -OCH3 is 1. The van der Waals surface area contributed by atoms with Crippen molar-refractivity contribution in [1.82, 2.24) is 9.55 Å². The minimum Gasteiger partial charge on any atom is -0.497 e. The fraction of sp³-hybridized carbons (Fsp3) is 0.400. The van der Waals surface area contributed by atoms with Crippen LogP contribution in [0.4, 0.5) is 0 Å². The molecule has 1 heterocycles. The number of aliphatic hydroxyl groups excluding tert-OH is 1. The van der Waals surface area contributed by atoms with E-state index in [1.54, 1.807) is 13.3 Å². The van der Waals surface area contributed by atoms with Gasteiger partial charge in [0, 0.05) is 18.9 Å². The van der Waals surface area contributed by atoms with Crippen molar-refractivity contribution in [2.45, 2.75) is 32.4 Å². The largest absolute Gasteiger partial charge is 0.497 e. The van der Waals surface area contributed by atoms with Gasteiger partial charge in [-0.15, -0.1) is 0 Å². The van der Waals surface area contributed by atoms with Gasteiger partial charge in [-0.2, -0.15) is 0 Å². The topological polar surface area (TPSA) is 47.3 Å². The van der Waals surface area contributed by atoms with Crippen LogP contribution in [0, 0.1) is 0 Å². The molecule has 4 heteroatoms. The van der Waals surface area contributed by atoms with Crippen LogP contribution in [0.25, 0.3) is 0 Å². The smallest absolute Gasteiger partial charge is 0.137 e. The predicted molar refractivity (Wildman–Crippen MR) is 74.2 cm³/mol. The van der Waals surface area contributed by atoms with Crippen molar-refractivity contribution in [2.24, 2.45) is 0 Å². The highest BCUT2D eigenvalue weighted by molar-refractivity contribution is 5.27. The number of ether oxygens (including phenoxy) is 1. The molecule has 0 bridgehead atoms. The molecule has 1 N–H and O–H groups in total. The van der Waals surface area contributed by atoms with Crippen LogP contribution in [-0.4, -0.2) is 21.8 Å². The molecule has 1 aromatic heterocycles. The molecule has 1 unspecified atom stereocenters. The lowest BCUT2D eigenvalue weighted by Gasteiger charge is -2.12. The van der Waals surface area contributed by atoms with Crippen molar-refractivity contribution >= 4 is 0 Å². The number of benzene rings is 1. The van der Waals surface area contributed by atoms with E-state index in [-0.39, 0.29) is 0 Å². The van der Waals surface area contributed by atoms with Crippen LogP contribution >= 0.6 is 0 Å². The first-order valence-electron chi connectivity index (χ1n) is 6.56. The summed E-state index contributed by atoms with van der Waals surface area (Å²) in [5, 5.41) is 10.2. The first kappa shape index (κ1) is 13.6. The van der Waals surface area contributed by atoms with Gasteiger partial charge in [-0.25, -0.2) is 4.98 Å². The Labute approximate surface area is 113 Å². The fourth-order valence-electron chi connectivity index (χ4n) is 2.11. The van der Waals surface area contributed by atoms with E-state index in [1.807, 2.05) is 42.0 Å². The number of hydrogen-bond donors (Lipinski definition) is 1. The molecular formula is C15H20N2O2. The van der Waals surface area contributed by atoms with Crippen LogP contribution < -0.4 is 4.74 Å². The second kappa shape index (κ2) is 6.38. The number of aliphatic hydroxyl groups is 1. The van der Waals surface area contributed by atoms with Crippen molar-refractivity contribution < 1.29 is 9.84 Å². The zero-order valence-corrected chi connectivity index (χ0v) is 11.4. The molecule has 0 spiro atoms. The van der Waals surface area contributed by atoms with E-state index in [0.29, 0.717) is 6.42 Å². The van der Waals surface area contributed by atoms with Gasteiger partial charge in [-0.05, 0) is 37.5 Å². The van der Waals surface area contributed by atoms with E-state index >= 15 is 0 Å². The Kier molecular flexibility index (Phi) is 4.58. The minimum atomic E-state index is -0.517. The van der Waals surface area contributed by atoms with Crippen LogP contribution in [0.2, 0.25) is 0 Å². The maximum atomic E-state index is 10.2. The van der Waals surface area contributed by atoms with Gasteiger partial charge >= 0.3 is 0 Å². The van der Waals surface area contributed by atoms with Crippen LogP contribution in [0.15, 0.2) is 36.7 Å². The molecule has 4 nitrogen and oxygen atoms in total. The quantitative estimate of drug-likeness (QED) is 0.868. The summed E-state index contributed by atoms with van der Waals surface area (Å²) in [6, 6.07) is 7.93. The number of nitrogens with zero attached hydrogens (tertiary/aromatic N) is 2. The fourth-order valence-corrected chi connectivity index (χ4v) is 2.11. The van der Waals surface area contributed by atoms with Gasteiger partial charge in [0.15, 0.2) is 0 Å². The Hall–Kier alpha value is -1.81.